The summed E-state index contributed by atoms with van der Waals surface area (Å²) in [7, 11) is 0. The smallest absolute Gasteiger partial charge is 0.191 e. The number of guanidine groups is 1. The lowest BCUT2D eigenvalue weighted by molar-refractivity contribution is -0.188. The molecule has 1 aromatic heterocycles. The zero-order valence-corrected chi connectivity index (χ0v) is 15.5. The van der Waals surface area contributed by atoms with Crippen LogP contribution in [0.2, 0.25) is 0 Å². The number of aliphatic imine (C=N–C) groups is 1. The van der Waals surface area contributed by atoms with E-state index in [0.29, 0.717) is 18.1 Å². The van der Waals surface area contributed by atoms with Crippen molar-refractivity contribution in [1.82, 2.24) is 10.6 Å². The zero-order valence-electron chi connectivity index (χ0n) is 14.7. The van der Waals surface area contributed by atoms with Gasteiger partial charge in [0.15, 0.2) is 5.96 Å². The van der Waals surface area contributed by atoms with Crippen molar-refractivity contribution in [2.24, 2.45) is 16.3 Å². The first-order chi connectivity index (χ1) is 11.0. The third kappa shape index (κ3) is 3.26. The maximum atomic E-state index is 6.00. The van der Waals surface area contributed by atoms with E-state index in [-0.39, 0.29) is 5.41 Å². The lowest BCUT2D eigenvalue weighted by Crippen LogP contribution is -2.71. The first-order valence-electron chi connectivity index (χ1n) is 8.73. The fraction of sp³-hybridized carbons (Fsp3) is 0.722. The Balaban J connectivity index is 1.68. The summed E-state index contributed by atoms with van der Waals surface area (Å²) in [5.74, 6) is 1.55. The summed E-state index contributed by atoms with van der Waals surface area (Å²) in [4.78, 5) is 6.15. The Kier molecular flexibility index (Phi) is 4.97. The van der Waals surface area contributed by atoms with E-state index < -0.39 is 0 Å². The Morgan fingerprint density at radius 1 is 1.48 bits per heavy atom. The van der Waals surface area contributed by atoms with Gasteiger partial charge in [-0.1, -0.05) is 13.8 Å². The second-order valence-electron chi connectivity index (χ2n) is 7.26. The number of hydrogen-bond donors (Lipinski definition) is 2. The van der Waals surface area contributed by atoms with Gasteiger partial charge in [-0.05, 0) is 43.7 Å². The molecule has 1 saturated carbocycles. The number of ether oxygens (including phenoxy) is 1. The summed E-state index contributed by atoms with van der Waals surface area (Å²) < 4.78 is 6.00. The molecule has 3 unspecified atom stereocenters. The Morgan fingerprint density at radius 3 is 3.00 bits per heavy atom. The van der Waals surface area contributed by atoms with Gasteiger partial charge in [-0.3, -0.25) is 0 Å². The third-order valence-electron chi connectivity index (χ3n) is 5.32. The number of rotatable bonds is 4. The minimum Gasteiger partial charge on any atom is -0.377 e. The molecular weight excluding hydrogens is 306 g/mol. The monoisotopic (exact) mass is 335 g/mol. The average molecular weight is 336 g/mol. The minimum absolute atomic E-state index is 0.167. The van der Waals surface area contributed by atoms with Gasteiger partial charge in [0.2, 0.25) is 0 Å². The van der Waals surface area contributed by atoms with Crippen LogP contribution >= 0.6 is 11.3 Å². The normalized spacial score (nSPS) is 29.6. The molecule has 1 aromatic rings. The first kappa shape index (κ1) is 16.8. The van der Waals surface area contributed by atoms with Crippen LogP contribution in [-0.4, -0.2) is 31.3 Å². The molecule has 1 saturated heterocycles. The van der Waals surface area contributed by atoms with Crippen molar-refractivity contribution >= 4 is 17.3 Å². The van der Waals surface area contributed by atoms with Gasteiger partial charge < -0.3 is 15.4 Å². The van der Waals surface area contributed by atoms with Gasteiger partial charge in [0.25, 0.3) is 0 Å². The maximum Gasteiger partial charge on any atom is 0.191 e. The van der Waals surface area contributed by atoms with Crippen LogP contribution in [0.5, 0.6) is 0 Å². The molecule has 4 nitrogen and oxygen atoms in total. The number of aryl methyl sites for hydroxylation is 1. The molecule has 0 spiro atoms. The lowest BCUT2D eigenvalue weighted by atomic mass is 9.55. The predicted octanol–water partition coefficient (Wildman–Crippen LogP) is 3.32. The molecule has 128 valence electrons. The zero-order chi connectivity index (χ0) is 16.4. The second kappa shape index (κ2) is 6.81. The quantitative estimate of drug-likeness (QED) is 0.655. The van der Waals surface area contributed by atoms with E-state index in [0.717, 1.165) is 25.7 Å². The summed E-state index contributed by atoms with van der Waals surface area (Å²) in [6.45, 7) is 11.4. The van der Waals surface area contributed by atoms with Crippen LogP contribution in [0.4, 0.5) is 0 Å². The summed E-state index contributed by atoms with van der Waals surface area (Å²) in [5.41, 5.74) is 1.50. The van der Waals surface area contributed by atoms with Crippen molar-refractivity contribution in [2.45, 2.75) is 59.2 Å². The molecule has 2 fully saturated rings. The van der Waals surface area contributed by atoms with Crippen LogP contribution < -0.4 is 10.6 Å². The third-order valence-corrected chi connectivity index (χ3v) is 6.32. The largest absolute Gasteiger partial charge is 0.377 e. The van der Waals surface area contributed by atoms with E-state index in [4.69, 9.17) is 9.73 Å². The minimum atomic E-state index is 0.167. The van der Waals surface area contributed by atoms with Crippen LogP contribution in [0.25, 0.3) is 0 Å². The fourth-order valence-corrected chi connectivity index (χ4v) is 4.83. The summed E-state index contributed by atoms with van der Waals surface area (Å²) in [5, 5.41) is 9.23. The number of nitrogens with one attached hydrogen (secondary N) is 2. The van der Waals surface area contributed by atoms with E-state index in [1.54, 1.807) is 11.3 Å². The Bertz CT molecular complexity index is 566. The SMILES string of the molecule is CCNC(=NCc1sccc1C)NC1C2CCCOC2C1(C)C. The van der Waals surface area contributed by atoms with E-state index in [1.165, 1.54) is 23.3 Å². The predicted molar refractivity (Wildman–Crippen MR) is 97.0 cm³/mol. The maximum absolute atomic E-state index is 6.00. The van der Waals surface area contributed by atoms with Gasteiger partial charge in [-0.2, -0.15) is 0 Å². The Labute approximate surface area is 143 Å². The topological polar surface area (TPSA) is 45.7 Å². The van der Waals surface area contributed by atoms with E-state index in [1.807, 2.05) is 0 Å². The molecule has 23 heavy (non-hydrogen) atoms. The number of fused-ring (bicyclic) bond motifs is 1. The molecule has 2 aliphatic rings. The van der Waals surface area contributed by atoms with Gasteiger partial charge in [0.05, 0.1) is 12.6 Å². The van der Waals surface area contributed by atoms with Crippen molar-refractivity contribution in [1.29, 1.82) is 0 Å². The highest BCUT2D eigenvalue weighted by molar-refractivity contribution is 7.10. The van der Waals surface area contributed by atoms with Crippen molar-refractivity contribution in [3.63, 3.8) is 0 Å². The fourth-order valence-electron chi connectivity index (χ4n) is 4.00. The second-order valence-corrected chi connectivity index (χ2v) is 8.26. The van der Waals surface area contributed by atoms with Crippen LogP contribution in [0.3, 0.4) is 0 Å². The summed E-state index contributed by atoms with van der Waals surface area (Å²) in [6.07, 6.45) is 2.84. The van der Waals surface area contributed by atoms with Gasteiger partial charge >= 0.3 is 0 Å². The molecule has 0 radical (unpaired) electrons. The molecular formula is C18H29N3OS. The molecule has 5 heteroatoms. The van der Waals surface area contributed by atoms with Crippen LogP contribution in [0.1, 0.15) is 44.1 Å². The Morgan fingerprint density at radius 2 is 2.30 bits per heavy atom. The summed E-state index contributed by atoms with van der Waals surface area (Å²) in [6, 6.07) is 2.60. The number of nitrogens with zero attached hydrogens (tertiary/aromatic N) is 1. The van der Waals surface area contributed by atoms with Crippen LogP contribution in [0, 0.1) is 18.3 Å². The number of hydrogen-bond acceptors (Lipinski definition) is 3. The van der Waals surface area contributed by atoms with Gasteiger partial charge in [-0.15, -0.1) is 11.3 Å². The summed E-state index contributed by atoms with van der Waals surface area (Å²) >= 11 is 1.78. The van der Waals surface area contributed by atoms with E-state index >= 15 is 0 Å². The van der Waals surface area contributed by atoms with Crippen LogP contribution in [-0.2, 0) is 11.3 Å². The molecule has 0 bridgehead atoms. The molecule has 0 amide bonds. The molecule has 1 aliphatic carbocycles. The van der Waals surface area contributed by atoms with E-state index in [9.17, 15) is 0 Å². The molecule has 0 aromatic carbocycles. The highest BCUT2D eigenvalue weighted by atomic mass is 32.1. The first-order valence-corrected chi connectivity index (χ1v) is 9.61. The number of thiophene rings is 1. The average Bonchev–Trinajstić information content (AvgIpc) is 2.95. The van der Waals surface area contributed by atoms with Crippen molar-refractivity contribution in [2.75, 3.05) is 13.2 Å². The van der Waals surface area contributed by atoms with Gasteiger partial charge in [0.1, 0.15) is 0 Å². The molecule has 3 atom stereocenters. The molecule has 2 N–H and O–H groups in total. The molecule has 1 aliphatic heterocycles. The van der Waals surface area contributed by atoms with Crippen molar-refractivity contribution in [3.05, 3.63) is 21.9 Å². The van der Waals surface area contributed by atoms with E-state index in [2.05, 4.69) is 49.8 Å². The molecule has 3 rings (SSSR count). The van der Waals surface area contributed by atoms with Gasteiger partial charge in [0, 0.05) is 35.4 Å². The standard InChI is InChI=1S/C18H29N3OS/c1-5-19-17(20-11-14-12(2)8-10-23-14)21-15-13-7-6-9-22-16(13)18(15,3)4/h8,10,13,15-16H,5-7,9,11H2,1-4H3,(H2,19,20,21). The lowest BCUT2D eigenvalue weighted by Gasteiger charge is -2.60. The highest BCUT2D eigenvalue weighted by Crippen LogP contribution is 2.51. The highest BCUT2D eigenvalue weighted by Gasteiger charge is 2.58. The van der Waals surface area contributed by atoms with Crippen molar-refractivity contribution in [3.8, 4) is 0 Å². The Hall–Kier alpha value is -1.07. The van der Waals surface area contributed by atoms with Crippen LogP contribution in [0.15, 0.2) is 16.4 Å². The molecule has 2 heterocycles. The van der Waals surface area contributed by atoms with Gasteiger partial charge in [-0.25, -0.2) is 4.99 Å². The van der Waals surface area contributed by atoms with Crippen molar-refractivity contribution < 1.29 is 4.74 Å².